The van der Waals surface area contributed by atoms with Crippen molar-refractivity contribution in [2.24, 2.45) is 0 Å². The number of rotatable bonds is 8. The molecule has 0 aliphatic carbocycles. The van der Waals surface area contributed by atoms with Gasteiger partial charge in [-0.15, -0.1) is 0 Å². The summed E-state index contributed by atoms with van der Waals surface area (Å²) in [6.45, 7) is 3.16. The van der Waals surface area contributed by atoms with Crippen molar-refractivity contribution >= 4 is 17.4 Å². The Hall–Kier alpha value is -3.54. The van der Waals surface area contributed by atoms with Crippen molar-refractivity contribution in [2.75, 3.05) is 26.1 Å². The number of nitrogens with zero attached hydrogens (tertiary/aromatic N) is 2. The molecule has 3 aromatic rings. The highest BCUT2D eigenvalue weighted by Gasteiger charge is 2.15. The van der Waals surface area contributed by atoms with Crippen molar-refractivity contribution in [3.05, 3.63) is 78.0 Å². The number of methoxy groups -OCH3 is 2. The van der Waals surface area contributed by atoms with Gasteiger partial charge in [-0.05, 0) is 36.8 Å². The minimum atomic E-state index is -0.0440. The fourth-order valence-electron chi connectivity index (χ4n) is 2.95. The van der Waals surface area contributed by atoms with Gasteiger partial charge in [0.15, 0.2) is 0 Å². The molecule has 1 heterocycles. The molecule has 1 N–H and O–H groups in total. The quantitative estimate of drug-likeness (QED) is 0.612. The van der Waals surface area contributed by atoms with Crippen molar-refractivity contribution in [3.63, 3.8) is 0 Å². The van der Waals surface area contributed by atoms with E-state index >= 15 is 0 Å². The van der Waals surface area contributed by atoms with E-state index in [0.717, 1.165) is 11.3 Å². The van der Waals surface area contributed by atoms with Crippen LogP contribution in [0.25, 0.3) is 0 Å². The van der Waals surface area contributed by atoms with E-state index in [1.54, 1.807) is 43.5 Å². The molecule has 150 valence electrons. The van der Waals surface area contributed by atoms with Gasteiger partial charge in [0.1, 0.15) is 17.3 Å². The lowest BCUT2D eigenvalue weighted by molar-refractivity contribution is 0.0752. The van der Waals surface area contributed by atoms with Crippen molar-refractivity contribution in [1.29, 1.82) is 0 Å². The van der Waals surface area contributed by atoms with Crippen molar-refractivity contribution in [1.82, 2.24) is 9.88 Å². The fourth-order valence-corrected chi connectivity index (χ4v) is 2.95. The van der Waals surface area contributed by atoms with E-state index < -0.39 is 0 Å². The first-order valence-corrected chi connectivity index (χ1v) is 9.43. The second-order valence-electron chi connectivity index (χ2n) is 6.43. The third-order valence-corrected chi connectivity index (χ3v) is 4.57. The minimum absolute atomic E-state index is 0.0440. The SMILES string of the molecule is CCN(Cc1ccccc1)C(=O)c1ccc(Nc2ccc(OC)cc2OC)nc1. The Morgan fingerprint density at radius 3 is 2.45 bits per heavy atom. The Balaban J connectivity index is 1.71. The first kappa shape index (κ1) is 20.2. The molecular weight excluding hydrogens is 366 g/mol. The molecule has 3 rings (SSSR count). The number of amides is 1. The van der Waals surface area contributed by atoms with Gasteiger partial charge in [-0.2, -0.15) is 0 Å². The average Bonchev–Trinajstić information content (AvgIpc) is 2.78. The van der Waals surface area contributed by atoms with Gasteiger partial charge in [-0.25, -0.2) is 4.98 Å². The lowest BCUT2D eigenvalue weighted by Gasteiger charge is -2.21. The van der Waals surface area contributed by atoms with Crippen LogP contribution in [0.1, 0.15) is 22.8 Å². The maximum atomic E-state index is 12.9. The van der Waals surface area contributed by atoms with Crippen LogP contribution in [-0.4, -0.2) is 36.6 Å². The zero-order valence-electron chi connectivity index (χ0n) is 16.9. The van der Waals surface area contributed by atoms with Gasteiger partial charge in [0.05, 0.1) is 25.5 Å². The number of nitrogens with one attached hydrogen (secondary N) is 1. The van der Waals surface area contributed by atoms with Crippen LogP contribution in [0.3, 0.4) is 0 Å². The number of carbonyl (C=O) groups excluding carboxylic acids is 1. The summed E-state index contributed by atoms with van der Waals surface area (Å²) in [6, 6.07) is 19.0. The zero-order chi connectivity index (χ0) is 20.6. The molecule has 6 nitrogen and oxygen atoms in total. The summed E-state index contributed by atoms with van der Waals surface area (Å²) in [5.74, 6) is 1.93. The lowest BCUT2D eigenvalue weighted by atomic mass is 10.2. The Morgan fingerprint density at radius 2 is 1.83 bits per heavy atom. The number of ether oxygens (including phenoxy) is 2. The Morgan fingerprint density at radius 1 is 1.03 bits per heavy atom. The van der Waals surface area contributed by atoms with E-state index in [0.29, 0.717) is 36.0 Å². The van der Waals surface area contributed by atoms with E-state index in [1.807, 2.05) is 49.4 Å². The van der Waals surface area contributed by atoms with Crippen LogP contribution in [0.15, 0.2) is 66.9 Å². The monoisotopic (exact) mass is 391 g/mol. The molecule has 0 spiro atoms. The van der Waals surface area contributed by atoms with E-state index in [9.17, 15) is 4.79 Å². The van der Waals surface area contributed by atoms with E-state index in [2.05, 4.69) is 10.3 Å². The van der Waals surface area contributed by atoms with E-state index in [4.69, 9.17) is 9.47 Å². The summed E-state index contributed by atoms with van der Waals surface area (Å²) in [7, 11) is 3.21. The van der Waals surface area contributed by atoms with Crippen LogP contribution in [-0.2, 0) is 6.54 Å². The third-order valence-electron chi connectivity index (χ3n) is 4.57. The predicted octanol–water partition coefficient (Wildman–Crippen LogP) is 4.50. The maximum Gasteiger partial charge on any atom is 0.255 e. The van der Waals surface area contributed by atoms with Gasteiger partial charge in [-0.1, -0.05) is 30.3 Å². The molecule has 0 saturated carbocycles. The molecule has 0 radical (unpaired) electrons. The smallest absolute Gasteiger partial charge is 0.255 e. The summed E-state index contributed by atoms with van der Waals surface area (Å²) >= 11 is 0. The molecule has 0 fully saturated rings. The molecule has 0 unspecified atom stereocenters. The molecule has 0 atom stereocenters. The molecule has 2 aromatic carbocycles. The highest BCUT2D eigenvalue weighted by molar-refractivity contribution is 5.94. The Bertz CT molecular complexity index is 943. The number of carbonyl (C=O) groups is 1. The fraction of sp³-hybridized carbons (Fsp3) is 0.217. The molecule has 29 heavy (non-hydrogen) atoms. The normalized spacial score (nSPS) is 10.3. The van der Waals surface area contributed by atoms with Gasteiger partial charge in [0.25, 0.3) is 5.91 Å². The molecule has 1 aromatic heterocycles. The molecule has 0 bridgehead atoms. The van der Waals surface area contributed by atoms with Crippen molar-refractivity contribution in [3.8, 4) is 11.5 Å². The number of anilines is 2. The number of benzene rings is 2. The second-order valence-corrected chi connectivity index (χ2v) is 6.43. The van der Waals surface area contributed by atoms with Crippen LogP contribution in [0, 0.1) is 0 Å². The zero-order valence-corrected chi connectivity index (χ0v) is 16.9. The molecule has 1 amide bonds. The summed E-state index contributed by atoms with van der Waals surface area (Å²) < 4.78 is 10.6. The largest absolute Gasteiger partial charge is 0.497 e. The molecule has 6 heteroatoms. The van der Waals surface area contributed by atoms with Gasteiger partial charge in [-0.3, -0.25) is 4.79 Å². The summed E-state index contributed by atoms with van der Waals surface area (Å²) in [5.41, 5.74) is 2.41. The Kier molecular flexibility index (Phi) is 6.68. The van der Waals surface area contributed by atoms with Crippen LogP contribution in [0.2, 0.25) is 0 Å². The van der Waals surface area contributed by atoms with E-state index in [-0.39, 0.29) is 5.91 Å². The first-order chi connectivity index (χ1) is 14.1. The number of hydrogen-bond donors (Lipinski definition) is 1. The number of pyridine rings is 1. The molecule has 0 aliphatic heterocycles. The third kappa shape index (κ3) is 5.04. The van der Waals surface area contributed by atoms with Crippen LogP contribution in [0.4, 0.5) is 11.5 Å². The van der Waals surface area contributed by atoms with Crippen LogP contribution in [0.5, 0.6) is 11.5 Å². The maximum absolute atomic E-state index is 12.9. The van der Waals surface area contributed by atoms with Gasteiger partial charge in [0, 0.05) is 25.4 Å². The second kappa shape index (κ2) is 9.59. The number of hydrogen-bond acceptors (Lipinski definition) is 5. The predicted molar refractivity (Wildman–Crippen MR) is 114 cm³/mol. The van der Waals surface area contributed by atoms with Gasteiger partial charge >= 0.3 is 0 Å². The highest BCUT2D eigenvalue weighted by atomic mass is 16.5. The highest BCUT2D eigenvalue weighted by Crippen LogP contribution is 2.31. The molecule has 0 saturated heterocycles. The number of aromatic nitrogens is 1. The van der Waals surface area contributed by atoms with Crippen molar-refractivity contribution < 1.29 is 14.3 Å². The van der Waals surface area contributed by atoms with E-state index in [1.165, 1.54) is 0 Å². The first-order valence-electron chi connectivity index (χ1n) is 9.43. The summed E-state index contributed by atoms with van der Waals surface area (Å²) in [4.78, 5) is 19.0. The average molecular weight is 391 g/mol. The standard InChI is InChI=1S/C23H25N3O3/c1-4-26(16-17-8-6-5-7-9-17)23(27)18-10-13-22(24-15-18)25-20-12-11-19(28-2)14-21(20)29-3/h5-15H,4,16H2,1-3H3,(H,24,25). The van der Waals surface area contributed by atoms with Crippen LogP contribution >= 0.6 is 0 Å². The van der Waals surface area contributed by atoms with Gasteiger partial charge < -0.3 is 19.7 Å². The summed E-state index contributed by atoms with van der Waals surface area (Å²) in [6.07, 6.45) is 1.59. The minimum Gasteiger partial charge on any atom is -0.497 e. The molecular formula is C23H25N3O3. The lowest BCUT2D eigenvalue weighted by Crippen LogP contribution is -2.30. The van der Waals surface area contributed by atoms with Crippen molar-refractivity contribution in [2.45, 2.75) is 13.5 Å². The topological polar surface area (TPSA) is 63.7 Å². The van der Waals surface area contributed by atoms with Gasteiger partial charge in [0.2, 0.25) is 0 Å². The molecule has 0 aliphatic rings. The van der Waals surface area contributed by atoms with Crippen LogP contribution < -0.4 is 14.8 Å². The Labute approximate surface area is 171 Å². The summed E-state index contributed by atoms with van der Waals surface area (Å²) in [5, 5.41) is 3.21.